The van der Waals surface area contributed by atoms with Gasteiger partial charge in [-0.3, -0.25) is 4.90 Å². The molecule has 1 aliphatic rings. The van der Waals surface area contributed by atoms with Crippen LogP contribution in [0.25, 0.3) is 11.1 Å². The SMILES string of the molecule is COc1ccccc1NC(=O)N1CCCN(Cc2nc3cc(C)ccc3o2)CC1. The molecule has 152 valence electrons. The molecule has 4 rings (SSSR count). The number of nitrogens with zero attached hydrogens (tertiary/aromatic N) is 3. The van der Waals surface area contributed by atoms with E-state index in [1.54, 1.807) is 7.11 Å². The first-order valence-electron chi connectivity index (χ1n) is 9.90. The smallest absolute Gasteiger partial charge is 0.321 e. The number of aromatic nitrogens is 1. The molecule has 2 heterocycles. The molecule has 2 amide bonds. The summed E-state index contributed by atoms with van der Waals surface area (Å²) >= 11 is 0. The molecule has 0 radical (unpaired) electrons. The van der Waals surface area contributed by atoms with Crippen molar-refractivity contribution in [1.29, 1.82) is 0 Å². The minimum absolute atomic E-state index is 0.103. The lowest BCUT2D eigenvalue weighted by Crippen LogP contribution is -2.38. The van der Waals surface area contributed by atoms with E-state index in [9.17, 15) is 4.79 Å². The minimum Gasteiger partial charge on any atom is -0.495 e. The van der Waals surface area contributed by atoms with Gasteiger partial charge >= 0.3 is 6.03 Å². The van der Waals surface area contributed by atoms with Gasteiger partial charge in [0.2, 0.25) is 5.89 Å². The second-order valence-electron chi connectivity index (χ2n) is 7.33. The van der Waals surface area contributed by atoms with Gasteiger partial charge < -0.3 is 19.4 Å². The quantitative estimate of drug-likeness (QED) is 0.727. The summed E-state index contributed by atoms with van der Waals surface area (Å²) in [4.78, 5) is 21.5. The lowest BCUT2D eigenvalue weighted by Gasteiger charge is -2.22. The Morgan fingerprint density at radius 2 is 2.03 bits per heavy atom. The van der Waals surface area contributed by atoms with Gasteiger partial charge in [-0.25, -0.2) is 9.78 Å². The highest BCUT2D eigenvalue weighted by Crippen LogP contribution is 2.24. The van der Waals surface area contributed by atoms with Crippen LogP contribution < -0.4 is 10.1 Å². The molecular weight excluding hydrogens is 368 g/mol. The second kappa shape index (κ2) is 8.53. The number of rotatable bonds is 4. The van der Waals surface area contributed by atoms with Crippen LogP contribution in [0, 0.1) is 6.92 Å². The molecule has 2 aromatic carbocycles. The van der Waals surface area contributed by atoms with E-state index in [4.69, 9.17) is 9.15 Å². The summed E-state index contributed by atoms with van der Waals surface area (Å²) in [5, 5.41) is 2.96. The maximum Gasteiger partial charge on any atom is 0.321 e. The first kappa shape index (κ1) is 19.3. The lowest BCUT2D eigenvalue weighted by molar-refractivity contribution is 0.209. The molecule has 0 spiro atoms. The van der Waals surface area contributed by atoms with Crippen LogP contribution in [0.5, 0.6) is 5.75 Å². The number of aryl methyl sites for hydroxylation is 1. The number of hydrogen-bond acceptors (Lipinski definition) is 5. The molecule has 0 bridgehead atoms. The van der Waals surface area contributed by atoms with Crippen molar-refractivity contribution >= 4 is 22.8 Å². The van der Waals surface area contributed by atoms with Crippen molar-refractivity contribution in [2.75, 3.05) is 38.6 Å². The third kappa shape index (κ3) is 4.51. The topological polar surface area (TPSA) is 70.8 Å². The molecule has 0 aliphatic carbocycles. The Kier molecular flexibility index (Phi) is 5.67. The molecule has 1 saturated heterocycles. The standard InChI is InChI=1S/C22H26N4O3/c1-16-8-9-20-18(14-16)23-21(29-20)15-25-10-5-11-26(13-12-25)22(27)24-17-6-3-4-7-19(17)28-2/h3-4,6-9,14H,5,10-13,15H2,1-2H3,(H,24,27). The van der Waals surface area contributed by atoms with Crippen LogP contribution in [0.1, 0.15) is 17.9 Å². The molecular formula is C22H26N4O3. The van der Waals surface area contributed by atoms with Crippen molar-refractivity contribution in [3.8, 4) is 5.75 Å². The highest BCUT2D eigenvalue weighted by Gasteiger charge is 2.21. The van der Waals surface area contributed by atoms with Gasteiger partial charge in [-0.15, -0.1) is 0 Å². The van der Waals surface area contributed by atoms with Crippen molar-refractivity contribution < 1.29 is 13.9 Å². The maximum atomic E-state index is 12.7. The molecule has 1 fully saturated rings. The number of fused-ring (bicyclic) bond motifs is 1. The van der Waals surface area contributed by atoms with Gasteiger partial charge in [-0.05, 0) is 43.2 Å². The number of ether oxygens (including phenoxy) is 1. The molecule has 0 saturated carbocycles. The number of carbonyl (C=O) groups is 1. The third-order valence-corrected chi connectivity index (χ3v) is 5.17. The van der Waals surface area contributed by atoms with E-state index < -0.39 is 0 Å². The summed E-state index contributed by atoms with van der Waals surface area (Å²) < 4.78 is 11.2. The number of hydrogen-bond donors (Lipinski definition) is 1. The van der Waals surface area contributed by atoms with Crippen LogP contribution in [0.2, 0.25) is 0 Å². The van der Waals surface area contributed by atoms with E-state index in [0.29, 0.717) is 31.1 Å². The summed E-state index contributed by atoms with van der Waals surface area (Å²) in [7, 11) is 1.60. The number of oxazole rings is 1. The fraction of sp³-hybridized carbons (Fsp3) is 0.364. The van der Waals surface area contributed by atoms with Gasteiger partial charge in [0, 0.05) is 26.2 Å². The minimum atomic E-state index is -0.103. The normalized spacial score (nSPS) is 15.3. The van der Waals surface area contributed by atoms with E-state index in [-0.39, 0.29) is 6.03 Å². The molecule has 0 atom stereocenters. The summed E-state index contributed by atoms with van der Waals surface area (Å²) in [5.41, 5.74) is 3.57. The fourth-order valence-electron chi connectivity index (χ4n) is 3.62. The largest absolute Gasteiger partial charge is 0.495 e. The number of benzene rings is 2. The van der Waals surface area contributed by atoms with E-state index in [1.165, 1.54) is 5.56 Å². The third-order valence-electron chi connectivity index (χ3n) is 5.17. The van der Waals surface area contributed by atoms with Crippen LogP contribution in [0.3, 0.4) is 0 Å². The van der Waals surface area contributed by atoms with Gasteiger partial charge in [-0.2, -0.15) is 0 Å². The van der Waals surface area contributed by atoms with Crippen molar-refractivity contribution in [2.24, 2.45) is 0 Å². The molecule has 7 heteroatoms. The Morgan fingerprint density at radius 1 is 1.17 bits per heavy atom. The van der Waals surface area contributed by atoms with Crippen molar-refractivity contribution in [2.45, 2.75) is 19.9 Å². The van der Waals surface area contributed by atoms with Crippen LogP contribution in [0.4, 0.5) is 10.5 Å². The summed E-state index contributed by atoms with van der Waals surface area (Å²) in [5.74, 6) is 1.38. The van der Waals surface area contributed by atoms with Gasteiger partial charge in [-0.1, -0.05) is 18.2 Å². The van der Waals surface area contributed by atoms with Crippen LogP contribution in [-0.4, -0.2) is 54.1 Å². The van der Waals surface area contributed by atoms with Gasteiger partial charge in [0.25, 0.3) is 0 Å². The fourth-order valence-corrected chi connectivity index (χ4v) is 3.62. The molecule has 1 N–H and O–H groups in total. The number of anilines is 1. The Hall–Kier alpha value is -3.06. The molecule has 3 aromatic rings. The van der Waals surface area contributed by atoms with Gasteiger partial charge in [0.05, 0.1) is 19.3 Å². The van der Waals surface area contributed by atoms with Gasteiger partial charge in [0.1, 0.15) is 11.3 Å². The van der Waals surface area contributed by atoms with Crippen molar-refractivity contribution in [1.82, 2.24) is 14.8 Å². The number of nitrogens with one attached hydrogen (secondary N) is 1. The average Bonchev–Trinajstić information content (AvgIpc) is 2.96. The summed E-state index contributed by atoms with van der Waals surface area (Å²) in [6.45, 7) is 5.74. The van der Waals surface area contributed by atoms with Crippen LogP contribution in [-0.2, 0) is 6.54 Å². The Morgan fingerprint density at radius 3 is 2.90 bits per heavy atom. The number of urea groups is 1. The number of amides is 2. The van der Waals surface area contributed by atoms with Crippen molar-refractivity contribution in [3.05, 3.63) is 53.9 Å². The first-order valence-corrected chi connectivity index (χ1v) is 9.90. The lowest BCUT2D eigenvalue weighted by atomic mass is 10.2. The molecule has 29 heavy (non-hydrogen) atoms. The van der Waals surface area contributed by atoms with Crippen molar-refractivity contribution in [3.63, 3.8) is 0 Å². The zero-order chi connectivity index (χ0) is 20.2. The first-order chi connectivity index (χ1) is 14.1. The molecule has 1 aliphatic heterocycles. The number of para-hydroxylation sites is 2. The Bertz CT molecular complexity index is 1000. The number of carbonyl (C=O) groups excluding carboxylic acids is 1. The average molecular weight is 394 g/mol. The number of methoxy groups -OCH3 is 1. The second-order valence-corrected chi connectivity index (χ2v) is 7.33. The zero-order valence-electron chi connectivity index (χ0n) is 16.9. The Labute approximate surface area is 170 Å². The van der Waals surface area contributed by atoms with Gasteiger partial charge in [0.15, 0.2) is 5.58 Å². The summed E-state index contributed by atoms with van der Waals surface area (Å²) in [6, 6.07) is 13.4. The summed E-state index contributed by atoms with van der Waals surface area (Å²) in [6.07, 6.45) is 0.901. The van der Waals surface area contributed by atoms with Crippen LogP contribution in [0.15, 0.2) is 46.9 Å². The highest BCUT2D eigenvalue weighted by atomic mass is 16.5. The van der Waals surface area contributed by atoms with E-state index in [2.05, 4.69) is 15.2 Å². The molecule has 7 nitrogen and oxygen atoms in total. The molecule has 0 unspecified atom stereocenters. The van der Waals surface area contributed by atoms with Crippen LogP contribution >= 0.6 is 0 Å². The predicted molar refractivity (Wildman–Crippen MR) is 112 cm³/mol. The van der Waals surface area contributed by atoms with E-state index in [1.807, 2.05) is 54.3 Å². The van der Waals surface area contributed by atoms with E-state index >= 15 is 0 Å². The highest BCUT2D eigenvalue weighted by molar-refractivity contribution is 5.91. The molecule has 1 aromatic heterocycles. The maximum absolute atomic E-state index is 12.7. The van der Waals surface area contributed by atoms with E-state index in [0.717, 1.165) is 36.5 Å². The predicted octanol–water partition coefficient (Wildman–Crippen LogP) is 3.88. The monoisotopic (exact) mass is 394 g/mol. The zero-order valence-corrected chi connectivity index (χ0v) is 16.9. The Balaban J connectivity index is 1.36.